The lowest BCUT2D eigenvalue weighted by atomic mass is 9.88. The van der Waals surface area contributed by atoms with Crippen LogP contribution in [0.2, 0.25) is 0 Å². The van der Waals surface area contributed by atoms with Gasteiger partial charge in [0.1, 0.15) is 5.76 Å². The summed E-state index contributed by atoms with van der Waals surface area (Å²) in [5.74, 6) is 0.617. The van der Waals surface area contributed by atoms with Crippen molar-refractivity contribution in [2.24, 2.45) is 5.92 Å². The largest absolute Gasteiger partial charge is 0.469 e. The highest BCUT2D eigenvalue weighted by atomic mass is 16.5. The van der Waals surface area contributed by atoms with E-state index in [0.29, 0.717) is 24.5 Å². The lowest BCUT2D eigenvalue weighted by molar-refractivity contribution is -0.138. The van der Waals surface area contributed by atoms with Crippen LogP contribution >= 0.6 is 0 Å². The first-order chi connectivity index (χ1) is 11.6. The molecular weight excluding hydrogens is 308 g/mol. The number of hydrogen-bond donors (Lipinski definition) is 0. The van der Waals surface area contributed by atoms with Crippen molar-refractivity contribution in [1.82, 2.24) is 9.80 Å². The molecule has 0 bridgehead atoms. The minimum absolute atomic E-state index is 0.0218. The molecule has 4 rings (SSSR count). The summed E-state index contributed by atoms with van der Waals surface area (Å²) < 4.78 is 11.1. The molecule has 3 fully saturated rings. The lowest BCUT2D eigenvalue weighted by Gasteiger charge is -2.41. The van der Waals surface area contributed by atoms with Gasteiger partial charge >= 0.3 is 0 Å². The van der Waals surface area contributed by atoms with Crippen molar-refractivity contribution in [2.45, 2.75) is 44.8 Å². The highest BCUT2D eigenvalue weighted by Crippen LogP contribution is 2.34. The Hall–Kier alpha value is -1.82. The molecule has 3 aliphatic heterocycles. The monoisotopic (exact) mass is 332 g/mol. The minimum atomic E-state index is -0.154. The topological polar surface area (TPSA) is 63.0 Å². The van der Waals surface area contributed by atoms with Crippen LogP contribution in [0.3, 0.4) is 0 Å². The molecule has 1 aromatic rings. The first-order valence-corrected chi connectivity index (χ1v) is 8.90. The van der Waals surface area contributed by atoms with Gasteiger partial charge in [-0.05, 0) is 38.7 Å². The molecule has 0 unspecified atom stereocenters. The molecule has 130 valence electrons. The summed E-state index contributed by atoms with van der Waals surface area (Å²) in [6, 6.07) is 1.79. The van der Waals surface area contributed by atoms with Gasteiger partial charge in [0.15, 0.2) is 0 Å². The highest BCUT2D eigenvalue weighted by Gasteiger charge is 2.45. The summed E-state index contributed by atoms with van der Waals surface area (Å²) >= 11 is 0. The van der Waals surface area contributed by atoms with Gasteiger partial charge < -0.3 is 19.0 Å². The number of aryl methyl sites for hydroxylation is 1. The predicted octanol–water partition coefficient (Wildman–Crippen LogP) is 1.83. The number of carbonyl (C=O) groups is 2. The Balaban J connectivity index is 1.56. The van der Waals surface area contributed by atoms with Crippen LogP contribution in [-0.2, 0) is 9.53 Å². The van der Waals surface area contributed by atoms with Gasteiger partial charge in [-0.25, -0.2) is 0 Å². The highest BCUT2D eigenvalue weighted by molar-refractivity contribution is 5.96. The van der Waals surface area contributed by atoms with Crippen molar-refractivity contribution in [3.63, 3.8) is 0 Å². The van der Waals surface area contributed by atoms with E-state index in [1.807, 2.05) is 9.80 Å². The number of nitrogens with zero attached hydrogens (tertiary/aromatic N) is 2. The molecule has 1 aromatic heterocycles. The van der Waals surface area contributed by atoms with Crippen LogP contribution in [0.25, 0.3) is 0 Å². The smallest absolute Gasteiger partial charge is 0.257 e. The van der Waals surface area contributed by atoms with E-state index >= 15 is 0 Å². The fraction of sp³-hybridized carbons (Fsp3) is 0.667. The zero-order valence-corrected chi connectivity index (χ0v) is 14.1. The number of hydrogen-bond acceptors (Lipinski definition) is 4. The molecule has 24 heavy (non-hydrogen) atoms. The lowest BCUT2D eigenvalue weighted by Crippen LogP contribution is -2.55. The van der Waals surface area contributed by atoms with Crippen LogP contribution in [-0.4, -0.2) is 60.0 Å². The maximum Gasteiger partial charge on any atom is 0.257 e. The van der Waals surface area contributed by atoms with Crippen molar-refractivity contribution in [3.05, 3.63) is 23.7 Å². The quantitative estimate of drug-likeness (QED) is 0.829. The second kappa shape index (κ2) is 6.24. The normalized spacial score (nSPS) is 29.8. The van der Waals surface area contributed by atoms with Gasteiger partial charge in [0.25, 0.3) is 5.91 Å². The Morgan fingerprint density at radius 1 is 1.25 bits per heavy atom. The van der Waals surface area contributed by atoms with Crippen LogP contribution in [0.4, 0.5) is 0 Å². The molecule has 0 aromatic carbocycles. The van der Waals surface area contributed by atoms with Crippen molar-refractivity contribution in [2.75, 3.05) is 26.2 Å². The second-order valence-corrected chi connectivity index (χ2v) is 7.08. The second-order valence-electron chi connectivity index (χ2n) is 7.08. The fourth-order valence-corrected chi connectivity index (χ4v) is 4.32. The van der Waals surface area contributed by atoms with E-state index in [0.717, 1.165) is 38.8 Å². The number of piperidine rings is 1. The summed E-state index contributed by atoms with van der Waals surface area (Å²) in [7, 11) is 0. The molecular formula is C18H24N2O4. The molecule has 4 heterocycles. The number of fused-ring (bicyclic) bond motifs is 1. The van der Waals surface area contributed by atoms with E-state index in [-0.39, 0.29) is 29.9 Å². The Morgan fingerprint density at radius 2 is 2.04 bits per heavy atom. The molecule has 6 heteroatoms. The first kappa shape index (κ1) is 15.7. The Bertz CT molecular complexity index is 635. The van der Waals surface area contributed by atoms with Gasteiger partial charge in [0, 0.05) is 26.2 Å². The number of amides is 2. The molecule has 0 aliphatic carbocycles. The third-order valence-corrected chi connectivity index (χ3v) is 5.63. The third-order valence-electron chi connectivity index (χ3n) is 5.63. The van der Waals surface area contributed by atoms with E-state index in [1.165, 1.54) is 0 Å². The molecule has 3 saturated heterocycles. The summed E-state index contributed by atoms with van der Waals surface area (Å²) in [5.41, 5.74) is 0.593. The molecule has 6 nitrogen and oxygen atoms in total. The molecule has 0 radical (unpaired) electrons. The van der Waals surface area contributed by atoms with E-state index in [4.69, 9.17) is 9.15 Å². The standard InChI is InChI=1S/C18H24N2O4/c1-12-14(4-8-23-12)18(22)20-11-13(10-16-15(20)5-9-24-16)17(21)19-6-2-3-7-19/h4,8,13,15-16H,2-3,5-7,9-11H2,1H3/t13-,15+,16+/m0/s1. The van der Waals surface area contributed by atoms with Crippen molar-refractivity contribution in [1.29, 1.82) is 0 Å². The number of likely N-dealkylation sites (tertiary alicyclic amines) is 2. The SMILES string of the molecule is Cc1occc1C(=O)N1C[C@@H](C(=O)N2CCCC2)C[C@H]2OCC[C@H]21. The number of rotatable bonds is 2. The zero-order chi connectivity index (χ0) is 16.7. The fourth-order valence-electron chi connectivity index (χ4n) is 4.32. The van der Waals surface area contributed by atoms with Crippen LogP contribution in [0.5, 0.6) is 0 Å². The predicted molar refractivity (Wildman–Crippen MR) is 86.5 cm³/mol. The van der Waals surface area contributed by atoms with Crippen molar-refractivity contribution < 1.29 is 18.7 Å². The number of ether oxygens (including phenoxy) is 1. The van der Waals surface area contributed by atoms with Crippen molar-refractivity contribution in [3.8, 4) is 0 Å². The average Bonchev–Trinajstić information content (AvgIpc) is 3.33. The van der Waals surface area contributed by atoms with Gasteiger partial charge in [-0.1, -0.05) is 0 Å². The first-order valence-electron chi connectivity index (χ1n) is 8.90. The van der Waals surface area contributed by atoms with Crippen molar-refractivity contribution >= 4 is 11.8 Å². The minimum Gasteiger partial charge on any atom is -0.469 e. The molecule has 0 N–H and O–H groups in total. The van der Waals surface area contributed by atoms with E-state index in [1.54, 1.807) is 19.3 Å². The third kappa shape index (κ3) is 2.62. The Morgan fingerprint density at radius 3 is 2.75 bits per heavy atom. The molecule has 3 aliphatic rings. The maximum atomic E-state index is 13.0. The zero-order valence-electron chi connectivity index (χ0n) is 14.1. The Labute approximate surface area is 141 Å². The van der Waals surface area contributed by atoms with Gasteiger partial charge in [0.2, 0.25) is 5.91 Å². The van der Waals surface area contributed by atoms with Gasteiger partial charge in [-0.15, -0.1) is 0 Å². The van der Waals surface area contributed by atoms with Crippen LogP contribution in [0, 0.1) is 12.8 Å². The number of carbonyl (C=O) groups excluding carboxylic acids is 2. The van der Waals surface area contributed by atoms with E-state index in [9.17, 15) is 9.59 Å². The molecule has 0 saturated carbocycles. The average molecular weight is 332 g/mol. The maximum absolute atomic E-state index is 13.0. The van der Waals surface area contributed by atoms with Gasteiger partial charge in [-0.3, -0.25) is 9.59 Å². The molecule has 2 amide bonds. The van der Waals surface area contributed by atoms with E-state index in [2.05, 4.69) is 0 Å². The van der Waals surface area contributed by atoms with Crippen LogP contribution < -0.4 is 0 Å². The Kier molecular flexibility index (Phi) is 4.08. The summed E-state index contributed by atoms with van der Waals surface area (Å²) in [5, 5.41) is 0. The summed E-state index contributed by atoms with van der Waals surface area (Å²) in [6.07, 6.45) is 5.26. The van der Waals surface area contributed by atoms with E-state index < -0.39 is 0 Å². The van der Waals surface area contributed by atoms with Crippen LogP contribution in [0.1, 0.15) is 41.8 Å². The molecule has 0 spiro atoms. The molecule has 3 atom stereocenters. The summed E-state index contributed by atoms with van der Waals surface area (Å²) in [4.78, 5) is 29.6. The summed E-state index contributed by atoms with van der Waals surface area (Å²) in [6.45, 7) is 4.64. The number of furan rings is 1. The van der Waals surface area contributed by atoms with Gasteiger partial charge in [0.05, 0.1) is 29.9 Å². The van der Waals surface area contributed by atoms with Gasteiger partial charge in [-0.2, -0.15) is 0 Å². The van der Waals surface area contributed by atoms with Crippen LogP contribution in [0.15, 0.2) is 16.7 Å².